The van der Waals surface area contributed by atoms with Gasteiger partial charge in [0.05, 0.1) is 0 Å². The van der Waals surface area contributed by atoms with Gasteiger partial charge in [0.2, 0.25) is 0 Å². The van der Waals surface area contributed by atoms with Gasteiger partial charge in [0, 0.05) is 46.7 Å². The highest BCUT2D eigenvalue weighted by Gasteiger charge is 2.15. The van der Waals surface area contributed by atoms with Gasteiger partial charge in [0.15, 0.2) is 9.84 Å². The molecule has 0 aliphatic carbocycles. The molecule has 4 rings (SSSR count). The van der Waals surface area contributed by atoms with Gasteiger partial charge in [-0.05, 0) is 101 Å². The Labute approximate surface area is 223 Å². The average molecular weight is 536 g/mol. The molecule has 38 heavy (non-hydrogen) atoms. The van der Waals surface area contributed by atoms with Crippen molar-refractivity contribution < 1.29 is 23.1 Å². The first-order valence-corrected chi connectivity index (χ1v) is 14.2. The lowest BCUT2D eigenvalue weighted by Crippen LogP contribution is -2.15. The van der Waals surface area contributed by atoms with Gasteiger partial charge in [-0.25, -0.2) is 8.42 Å². The van der Waals surface area contributed by atoms with Crippen LogP contribution in [0.5, 0.6) is 17.2 Å². The van der Waals surface area contributed by atoms with Gasteiger partial charge in [-0.2, -0.15) is 0 Å². The first-order valence-electron chi connectivity index (χ1n) is 12.3. The van der Waals surface area contributed by atoms with Crippen LogP contribution < -0.4 is 10.1 Å². The van der Waals surface area contributed by atoms with Crippen LogP contribution in [0.3, 0.4) is 0 Å². The van der Waals surface area contributed by atoms with Crippen LogP contribution >= 0.6 is 0 Å². The number of anilines is 1. The zero-order chi connectivity index (χ0) is 27.6. The Kier molecular flexibility index (Phi) is 7.80. The normalized spacial score (nSPS) is 11.7. The predicted molar refractivity (Wildman–Crippen MR) is 150 cm³/mol. The number of carbonyl (C=O) groups is 1. The maximum atomic E-state index is 12.7. The van der Waals surface area contributed by atoms with Crippen LogP contribution in [0.2, 0.25) is 0 Å². The third-order valence-electron chi connectivity index (χ3n) is 6.57. The smallest absolute Gasteiger partial charge is 0.255 e. The second-order valence-corrected chi connectivity index (χ2v) is 11.7. The number of hydrogen-bond acceptors (Lipinski definition) is 6. The molecular formula is C29H33N3O5S. The van der Waals surface area contributed by atoms with Crippen LogP contribution in [0.15, 0.2) is 65.6 Å². The third-order valence-corrected chi connectivity index (χ3v) is 7.71. The lowest BCUT2D eigenvalue weighted by molar-refractivity contribution is 0.102. The number of nitrogens with one attached hydrogen (secondary N) is 1. The van der Waals surface area contributed by atoms with Crippen molar-refractivity contribution in [3.63, 3.8) is 0 Å². The molecule has 3 aromatic carbocycles. The minimum atomic E-state index is -3.56. The number of fused-ring (bicyclic) bond motifs is 1. The molecule has 200 valence electrons. The van der Waals surface area contributed by atoms with Crippen LogP contribution in [0, 0.1) is 13.8 Å². The number of phenolic OH excluding ortho intramolecular Hbond substituents is 1. The molecule has 0 fully saturated rings. The third kappa shape index (κ3) is 6.00. The highest BCUT2D eigenvalue weighted by atomic mass is 32.2. The van der Waals surface area contributed by atoms with Crippen LogP contribution in [-0.4, -0.2) is 55.8 Å². The number of phenols is 1. The van der Waals surface area contributed by atoms with Crippen molar-refractivity contribution in [1.82, 2.24) is 9.47 Å². The van der Waals surface area contributed by atoms with Gasteiger partial charge < -0.3 is 24.6 Å². The number of hydrogen-bond donors (Lipinski definition) is 2. The molecule has 0 aliphatic rings. The first-order chi connectivity index (χ1) is 17.9. The largest absolute Gasteiger partial charge is 0.507 e. The fourth-order valence-electron chi connectivity index (χ4n) is 4.45. The SMILES string of the molecule is Cc1c(C)n(CCCN(C)C)c2ccc(Oc3ccc(C(=O)Nc4ccc(S(C)(=O)=O)c(O)c4)cc3)cc12. The molecule has 0 atom stereocenters. The van der Waals surface area contributed by atoms with Gasteiger partial charge in [0.1, 0.15) is 22.1 Å². The molecule has 2 N–H and O–H groups in total. The molecule has 0 unspecified atom stereocenters. The van der Waals surface area contributed by atoms with Crippen molar-refractivity contribution >= 4 is 32.3 Å². The van der Waals surface area contributed by atoms with Gasteiger partial charge in [-0.15, -0.1) is 0 Å². The summed E-state index contributed by atoms with van der Waals surface area (Å²) in [5.74, 6) is 0.493. The molecule has 1 heterocycles. The minimum absolute atomic E-state index is 0.193. The summed E-state index contributed by atoms with van der Waals surface area (Å²) in [5, 5.41) is 13.8. The van der Waals surface area contributed by atoms with Gasteiger partial charge in [-0.1, -0.05) is 0 Å². The Morgan fingerprint density at radius 2 is 1.68 bits per heavy atom. The summed E-state index contributed by atoms with van der Waals surface area (Å²) in [4.78, 5) is 14.6. The molecule has 1 aromatic heterocycles. The summed E-state index contributed by atoms with van der Waals surface area (Å²) < 4.78 is 31.8. The minimum Gasteiger partial charge on any atom is -0.507 e. The van der Waals surface area contributed by atoms with E-state index in [2.05, 4.69) is 48.8 Å². The van der Waals surface area contributed by atoms with Crippen molar-refractivity contribution in [1.29, 1.82) is 0 Å². The molecular weight excluding hydrogens is 502 g/mol. The number of aryl methyl sites for hydroxylation is 2. The highest BCUT2D eigenvalue weighted by molar-refractivity contribution is 7.90. The highest BCUT2D eigenvalue weighted by Crippen LogP contribution is 2.31. The van der Waals surface area contributed by atoms with Crippen LogP contribution in [0.4, 0.5) is 5.69 Å². The number of nitrogens with zero attached hydrogens (tertiary/aromatic N) is 2. The van der Waals surface area contributed by atoms with E-state index in [0.717, 1.165) is 31.2 Å². The van der Waals surface area contributed by atoms with Crippen molar-refractivity contribution in [3.05, 3.63) is 77.5 Å². The van der Waals surface area contributed by atoms with E-state index in [1.807, 2.05) is 12.1 Å². The molecule has 0 saturated heterocycles. The summed E-state index contributed by atoms with van der Waals surface area (Å²) >= 11 is 0. The number of benzene rings is 3. The van der Waals surface area contributed by atoms with Gasteiger partial charge >= 0.3 is 0 Å². The molecule has 4 aromatic rings. The summed E-state index contributed by atoms with van der Waals surface area (Å²) in [6, 6.07) is 16.7. The zero-order valence-electron chi connectivity index (χ0n) is 22.3. The molecule has 0 bridgehead atoms. The average Bonchev–Trinajstić information content (AvgIpc) is 3.08. The second-order valence-electron chi connectivity index (χ2n) is 9.73. The number of aromatic hydroxyl groups is 1. The van der Waals surface area contributed by atoms with E-state index >= 15 is 0 Å². The monoisotopic (exact) mass is 535 g/mol. The molecule has 0 saturated carbocycles. The van der Waals surface area contributed by atoms with Crippen molar-refractivity contribution in [2.24, 2.45) is 0 Å². The summed E-state index contributed by atoms with van der Waals surface area (Å²) in [6.07, 6.45) is 2.08. The zero-order valence-corrected chi connectivity index (χ0v) is 23.1. The quantitative estimate of drug-likeness (QED) is 0.299. The molecule has 0 aliphatic heterocycles. The van der Waals surface area contributed by atoms with Crippen LogP contribution in [0.25, 0.3) is 10.9 Å². The first kappa shape index (κ1) is 27.2. The topological polar surface area (TPSA) is 101 Å². The predicted octanol–water partition coefficient (Wildman–Crippen LogP) is 5.36. The summed E-state index contributed by atoms with van der Waals surface area (Å²) in [7, 11) is 0.606. The molecule has 0 radical (unpaired) electrons. The van der Waals surface area contributed by atoms with Gasteiger partial charge in [-0.3, -0.25) is 4.79 Å². The van der Waals surface area contributed by atoms with Crippen molar-refractivity contribution in [3.8, 4) is 17.2 Å². The van der Waals surface area contributed by atoms with Crippen molar-refractivity contribution in [2.75, 3.05) is 32.2 Å². The number of sulfone groups is 1. The summed E-state index contributed by atoms with van der Waals surface area (Å²) in [6.45, 7) is 6.27. The van der Waals surface area contributed by atoms with E-state index in [0.29, 0.717) is 17.1 Å². The van der Waals surface area contributed by atoms with E-state index in [4.69, 9.17) is 4.74 Å². The standard InChI is InChI=1S/C29H33N3O5S/c1-19-20(2)32(16-6-15-31(3)4)26-13-12-24(18-25(19)26)37-23-10-7-21(8-11-23)29(34)30-22-9-14-28(27(33)17-22)38(5,35)36/h7-14,17-18,33H,6,15-16H2,1-5H3,(H,30,34). The summed E-state index contributed by atoms with van der Waals surface area (Å²) in [5.41, 5.74) is 4.35. The molecule has 0 spiro atoms. The Morgan fingerprint density at radius 3 is 2.32 bits per heavy atom. The van der Waals surface area contributed by atoms with Crippen LogP contribution in [-0.2, 0) is 16.4 Å². The van der Waals surface area contributed by atoms with E-state index < -0.39 is 21.5 Å². The number of aromatic nitrogens is 1. The lowest BCUT2D eigenvalue weighted by atomic mass is 10.1. The molecule has 1 amide bonds. The van der Waals surface area contributed by atoms with Crippen molar-refractivity contribution in [2.45, 2.75) is 31.7 Å². The maximum absolute atomic E-state index is 12.7. The number of ether oxygens (including phenoxy) is 1. The Bertz CT molecular complexity index is 1590. The Hall–Kier alpha value is -3.82. The lowest BCUT2D eigenvalue weighted by Gasteiger charge is -2.12. The molecule has 8 nitrogen and oxygen atoms in total. The number of carbonyl (C=O) groups excluding carboxylic acids is 1. The van der Waals surface area contributed by atoms with E-state index in [9.17, 15) is 18.3 Å². The van der Waals surface area contributed by atoms with Gasteiger partial charge in [0.25, 0.3) is 5.91 Å². The Morgan fingerprint density at radius 1 is 1.00 bits per heavy atom. The van der Waals surface area contributed by atoms with E-state index in [1.165, 1.54) is 35.0 Å². The molecule has 9 heteroatoms. The fraction of sp³-hybridized carbons (Fsp3) is 0.276. The number of rotatable bonds is 9. The van der Waals surface area contributed by atoms with Crippen LogP contribution in [0.1, 0.15) is 28.0 Å². The Balaban J connectivity index is 1.45. The van der Waals surface area contributed by atoms with E-state index in [-0.39, 0.29) is 10.6 Å². The maximum Gasteiger partial charge on any atom is 0.255 e. The van der Waals surface area contributed by atoms with E-state index in [1.54, 1.807) is 24.3 Å². The number of amides is 1. The second kappa shape index (κ2) is 10.9. The fourth-order valence-corrected chi connectivity index (χ4v) is 5.20.